The minimum atomic E-state index is 0.426. The maximum atomic E-state index is 10.1. The molecule has 78 valence electrons. The second-order valence-corrected chi connectivity index (χ2v) is 4.22. The van der Waals surface area contributed by atoms with E-state index in [4.69, 9.17) is 0 Å². The van der Waals surface area contributed by atoms with E-state index in [2.05, 4.69) is 30.1 Å². The molecule has 1 aromatic carbocycles. The van der Waals surface area contributed by atoms with Gasteiger partial charge in [-0.2, -0.15) is 0 Å². The summed E-state index contributed by atoms with van der Waals surface area (Å²) in [6, 6.07) is 6.60. The Morgan fingerprint density at radius 1 is 1.53 bits per heavy atom. The fourth-order valence-corrected chi connectivity index (χ4v) is 2.35. The van der Waals surface area contributed by atoms with Gasteiger partial charge in [0, 0.05) is 5.92 Å². The highest BCUT2D eigenvalue weighted by molar-refractivity contribution is 5.38. The summed E-state index contributed by atoms with van der Waals surface area (Å²) in [5.74, 6) is 0.426. The van der Waals surface area contributed by atoms with Gasteiger partial charge >= 0.3 is 0 Å². The summed E-state index contributed by atoms with van der Waals surface area (Å²) >= 11 is 0. The standard InChI is InChI=1S/C13H15NO/c1-10-5-6-11-3-2-4-12(8-14-9-15)13(11)7-10/h5-7,12H,2-4,8H2,1H3. The molecule has 0 aromatic heterocycles. The van der Waals surface area contributed by atoms with Crippen molar-refractivity contribution in [1.29, 1.82) is 0 Å². The minimum Gasteiger partial charge on any atom is -0.211 e. The number of hydrogen-bond donors (Lipinski definition) is 0. The molecule has 0 amide bonds. The van der Waals surface area contributed by atoms with Crippen molar-refractivity contribution >= 4 is 6.08 Å². The summed E-state index contributed by atoms with van der Waals surface area (Å²) < 4.78 is 0. The Kier molecular flexibility index (Phi) is 2.98. The van der Waals surface area contributed by atoms with E-state index in [9.17, 15) is 4.79 Å². The van der Waals surface area contributed by atoms with Gasteiger partial charge in [-0.25, -0.2) is 9.79 Å². The van der Waals surface area contributed by atoms with Crippen molar-refractivity contribution in [3.63, 3.8) is 0 Å². The molecule has 0 radical (unpaired) electrons. The third kappa shape index (κ3) is 2.16. The lowest BCUT2D eigenvalue weighted by molar-refractivity contribution is 0.543. The van der Waals surface area contributed by atoms with Crippen LogP contribution in [0.3, 0.4) is 0 Å². The zero-order valence-corrected chi connectivity index (χ0v) is 8.99. The van der Waals surface area contributed by atoms with E-state index in [1.807, 2.05) is 0 Å². The van der Waals surface area contributed by atoms with E-state index in [-0.39, 0.29) is 0 Å². The highest BCUT2D eigenvalue weighted by Gasteiger charge is 2.19. The molecule has 1 aliphatic rings. The molecule has 1 aromatic rings. The van der Waals surface area contributed by atoms with Gasteiger partial charge in [0.15, 0.2) is 0 Å². The van der Waals surface area contributed by atoms with Crippen molar-refractivity contribution in [2.24, 2.45) is 4.99 Å². The smallest absolute Gasteiger partial charge is 0.211 e. The first kappa shape index (κ1) is 10.1. The van der Waals surface area contributed by atoms with Crippen molar-refractivity contribution in [3.05, 3.63) is 34.9 Å². The van der Waals surface area contributed by atoms with Crippen LogP contribution in [-0.2, 0) is 11.2 Å². The monoisotopic (exact) mass is 201 g/mol. The van der Waals surface area contributed by atoms with Crippen LogP contribution < -0.4 is 0 Å². The SMILES string of the molecule is Cc1ccc2c(c1)C(CN=C=O)CCC2. The summed E-state index contributed by atoms with van der Waals surface area (Å²) in [6.45, 7) is 2.70. The van der Waals surface area contributed by atoms with Crippen molar-refractivity contribution in [2.45, 2.75) is 32.1 Å². The van der Waals surface area contributed by atoms with Crippen LogP contribution in [0.5, 0.6) is 0 Å². The van der Waals surface area contributed by atoms with Crippen LogP contribution in [0.4, 0.5) is 0 Å². The number of fused-ring (bicyclic) bond motifs is 1. The Bertz CT molecular complexity index is 405. The number of carbonyl (C=O) groups excluding carboxylic acids is 1. The molecule has 2 heteroatoms. The number of rotatable bonds is 2. The fourth-order valence-electron chi connectivity index (χ4n) is 2.35. The highest BCUT2D eigenvalue weighted by Crippen LogP contribution is 2.32. The van der Waals surface area contributed by atoms with Gasteiger partial charge in [-0.05, 0) is 37.3 Å². The van der Waals surface area contributed by atoms with Crippen LogP contribution in [0.1, 0.15) is 35.4 Å². The van der Waals surface area contributed by atoms with E-state index < -0.39 is 0 Å². The summed E-state index contributed by atoms with van der Waals surface area (Å²) in [6.07, 6.45) is 5.14. The average Bonchev–Trinajstić information content (AvgIpc) is 2.26. The van der Waals surface area contributed by atoms with E-state index in [0.29, 0.717) is 12.5 Å². The molecule has 1 aliphatic carbocycles. The van der Waals surface area contributed by atoms with Crippen LogP contribution in [0.2, 0.25) is 0 Å². The van der Waals surface area contributed by atoms with Gasteiger partial charge in [0.05, 0.1) is 6.54 Å². The van der Waals surface area contributed by atoms with Gasteiger partial charge in [-0.1, -0.05) is 23.8 Å². The van der Waals surface area contributed by atoms with Crippen LogP contribution in [-0.4, -0.2) is 12.6 Å². The van der Waals surface area contributed by atoms with Gasteiger partial charge in [0.2, 0.25) is 6.08 Å². The third-order valence-corrected chi connectivity index (χ3v) is 3.12. The molecule has 0 fully saturated rings. The lowest BCUT2D eigenvalue weighted by Crippen LogP contribution is -2.12. The molecule has 2 nitrogen and oxygen atoms in total. The lowest BCUT2D eigenvalue weighted by Gasteiger charge is -2.24. The summed E-state index contributed by atoms with van der Waals surface area (Å²) in [4.78, 5) is 13.9. The quantitative estimate of drug-likeness (QED) is 0.534. The zero-order chi connectivity index (χ0) is 10.7. The van der Waals surface area contributed by atoms with Gasteiger partial charge in [0.25, 0.3) is 0 Å². The normalized spacial score (nSPS) is 19.1. The Balaban J connectivity index is 2.31. The molecule has 2 rings (SSSR count). The number of aliphatic imine (C=N–C) groups is 1. The molecular weight excluding hydrogens is 186 g/mol. The Hall–Kier alpha value is -1.40. The second kappa shape index (κ2) is 4.41. The average molecular weight is 201 g/mol. The summed E-state index contributed by atoms with van der Waals surface area (Å²) in [5, 5.41) is 0. The molecule has 0 saturated heterocycles. The molecule has 0 aliphatic heterocycles. The lowest BCUT2D eigenvalue weighted by atomic mass is 9.82. The van der Waals surface area contributed by atoms with Gasteiger partial charge in [-0.3, -0.25) is 0 Å². The first-order valence-corrected chi connectivity index (χ1v) is 5.44. The third-order valence-electron chi connectivity index (χ3n) is 3.12. The van der Waals surface area contributed by atoms with E-state index in [1.165, 1.54) is 23.1 Å². The Labute approximate surface area is 90.0 Å². The molecule has 0 N–H and O–H groups in total. The van der Waals surface area contributed by atoms with Gasteiger partial charge < -0.3 is 0 Å². The van der Waals surface area contributed by atoms with Crippen molar-refractivity contribution in [3.8, 4) is 0 Å². The van der Waals surface area contributed by atoms with Crippen LogP contribution in [0.15, 0.2) is 23.2 Å². The number of benzene rings is 1. The first-order valence-electron chi connectivity index (χ1n) is 5.44. The number of isocyanates is 1. The van der Waals surface area contributed by atoms with Crippen LogP contribution >= 0.6 is 0 Å². The van der Waals surface area contributed by atoms with Gasteiger partial charge in [0.1, 0.15) is 0 Å². The van der Waals surface area contributed by atoms with Gasteiger partial charge in [-0.15, -0.1) is 0 Å². The van der Waals surface area contributed by atoms with Crippen LogP contribution in [0, 0.1) is 6.92 Å². The van der Waals surface area contributed by atoms with E-state index in [0.717, 1.165) is 12.8 Å². The topological polar surface area (TPSA) is 29.4 Å². The molecule has 1 atom stereocenters. The van der Waals surface area contributed by atoms with Crippen molar-refractivity contribution in [1.82, 2.24) is 0 Å². The summed E-state index contributed by atoms with van der Waals surface area (Å²) in [5.41, 5.74) is 4.11. The molecule has 15 heavy (non-hydrogen) atoms. The minimum absolute atomic E-state index is 0.426. The molecule has 0 spiro atoms. The molecule has 0 bridgehead atoms. The molecular formula is C13H15NO. The Morgan fingerprint density at radius 2 is 2.40 bits per heavy atom. The predicted molar refractivity (Wildman–Crippen MR) is 59.8 cm³/mol. The number of hydrogen-bond acceptors (Lipinski definition) is 2. The second-order valence-electron chi connectivity index (χ2n) is 4.22. The van der Waals surface area contributed by atoms with E-state index in [1.54, 1.807) is 6.08 Å². The Morgan fingerprint density at radius 3 is 3.20 bits per heavy atom. The predicted octanol–water partition coefficient (Wildman–Crippen LogP) is 2.75. The molecule has 0 heterocycles. The summed E-state index contributed by atoms with van der Waals surface area (Å²) in [7, 11) is 0. The fraction of sp³-hybridized carbons (Fsp3) is 0.462. The number of nitrogens with zero attached hydrogens (tertiary/aromatic N) is 1. The van der Waals surface area contributed by atoms with E-state index >= 15 is 0 Å². The highest BCUT2D eigenvalue weighted by atomic mass is 16.1. The van der Waals surface area contributed by atoms with Crippen molar-refractivity contribution < 1.29 is 4.79 Å². The zero-order valence-electron chi connectivity index (χ0n) is 8.99. The van der Waals surface area contributed by atoms with Crippen molar-refractivity contribution in [2.75, 3.05) is 6.54 Å². The maximum absolute atomic E-state index is 10.1. The largest absolute Gasteiger partial charge is 0.234 e. The first-order chi connectivity index (χ1) is 7.31. The molecule has 1 unspecified atom stereocenters. The molecule has 0 saturated carbocycles. The maximum Gasteiger partial charge on any atom is 0.234 e. The van der Waals surface area contributed by atoms with Crippen LogP contribution in [0.25, 0.3) is 0 Å². The number of aryl methyl sites for hydroxylation is 2.